The number of thiophene rings is 1. The highest BCUT2D eigenvalue weighted by Crippen LogP contribution is 2.28. The zero-order chi connectivity index (χ0) is 20.5. The second-order valence-corrected chi connectivity index (χ2v) is 9.40. The number of rotatable bonds is 3. The summed E-state index contributed by atoms with van der Waals surface area (Å²) in [5.74, 6) is 0.476. The molecule has 2 amide bonds. The Bertz CT molecular complexity index is 1060. The van der Waals surface area contributed by atoms with Gasteiger partial charge in [0.1, 0.15) is 5.00 Å². The van der Waals surface area contributed by atoms with Gasteiger partial charge in [-0.05, 0) is 61.8 Å². The molecular formula is C24H27N3O2S. The molecule has 0 radical (unpaired) electrons. The van der Waals surface area contributed by atoms with Crippen molar-refractivity contribution in [3.63, 3.8) is 0 Å². The van der Waals surface area contributed by atoms with E-state index >= 15 is 0 Å². The van der Waals surface area contributed by atoms with Gasteiger partial charge in [0.15, 0.2) is 0 Å². The van der Waals surface area contributed by atoms with Crippen LogP contribution in [0.2, 0.25) is 0 Å². The second-order valence-electron chi connectivity index (χ2n) is 8.33. The maximum atomic E-state index is 13.1. The molecule has 0 bridgehead atoms. The lowest BCUT2D eigenvalue weighted by Crippen LogP contribution is -2.45. The molecule has 4 heterocycles. The largest absolute Gasteiger partial charge is 0.342 e. The summed E-state index contributed by atoms with van der Waals surface area (Å²) in [5, 5.41) is 2.24. The molecule has 2 aliphatic rings. The fourth-order valence-corrected chi connectivity index (χ4v) is 5.68. The fourth-order valence-electron chi connectivity index (χ4n) is 4.71. The van der Waals surface area contributed by atoms with Gasteiger partial charge >= 0.3 is 0 Å². The van der Waals surface area contributed by atoms with Gasteiger partial charge in [-0.25, -0.2) is 0 Å². The van der Waals surface area contributed by atoms with Crippen LogP contribution in [0.25, 0.3) is 15.9 Å². The topological polar surface area (TPSA) is 45.6 Å². The van der Waals surface area contributed by atoms with E-state index < -0.39 is 0 Å². The van der Waals surface area contributed by atoms with Gasteiger partial charge in [0.05, 0.1) is 10.4 Å². The van der Waals surface area contributed by atoms with E-state index in [-0.39, 0.29) is 11.8 Å². The van der Waals surface area contributed by atoms with Crippen molar-refractivity contribution in [3.8, 4) is 5.00 Å². The summed E-state index contributed by atoms with van der Waals surface area (Å²) < 4.78 is 2.14. The van der Waals surface area contributed by atoms with Crippen LogP contribution in [0.1, 0.15) is 41.8 Å². The predicted molar refractivity (Wildman–Crippen MR) is 120 cm³/mol. The Kier molecular flexibility index (Phi) is 5.34. The minimum Gasteiger partial charge on any atom is -0.342 e. The minimum absolute atomic E-state index is 0.0808. The summed E-state index contributed by atoms with van der Waals surface area (Å²) in [7, 11) is 0. The molecule has 1 aromatic carbocycles. The van der Waals surface area contributed by atoms with Crippen molar-refractivity contribution in [2.24, 2.45) is 5.92 Å². The Morgan fingerprint density at radius 1 is 0.833 bits per heavy atom. The Morgan fingerprint density at radius 2 is 1.60 bits per heavy atom. The summed E-state index contributed by atoms with van der Waals surface area (Å²) in [6, 6.07) is 14.3. The van der Waals surface area contributed by atoms with Gasteiger partial charge < -0.3 is 14.4 Å². The monoisotopic (exact) mass is 421 g/mol. The van der Waals surface area contributed by atoms with Crippen LogP contribution in [0, 0.1) is 5.92 Å². The van der Waals surface area contributed by atoms with E-state index in [0.29, 0.717) is 19.0 Å². The normalized spacial score (nSPS) is 18.1. The number of benzene rings is 1. The zero-order valence-corrected chi connectivity index (χ0v) is 17.9. The van der Waals surface area contributed by atoms with Crippen molar-refractivity contribution in [3.05, 3.63) is 53.5 Å². The van der Waals surface area contributed by atoms with Crippen molar-refractivity contribution in [2.75, 3.05) is 26.2 Å². The highest BCUT2D eigenvalue weighted by atomic mass is 32.1. The third kappa shape index (κ3) is 3.65. The molecule has 2 aliphatic heterocycles. The van der Waals surface area contributed by atoms with E-state index in [2.05, 4.69) is 29.0 Å². The van der Waals surface area contributed by atoms with Crippen LogP contribution in [0.4, 0.5) is 0 Å². The van der Waals surface area contributed by atoms with Gasteiger partial charge in [-0.1, -0.05) is 18.2 Å². The first kappa shape index (κ1) is 19.4. The summed E-state index contributed by atoms with van der Waals surface area (Å²) in [4.78, 5) is 30.5. The van der Waals surface area contributed by atoms with E-state index in [4.69, 9.17) is 0 Å². The fraction of sp³-hybridized carbons (Fsp3) is 0.417. The first-order valence-corrected chi connectivity index (χ1v) is 11.8. The van der Waals surface area contributed by atoms with Crippen molar-refractivity contribution in [1.29, 1.82) is 0 Å². The highest BCUT2D eigenvalue weighted by molar-refractivity contribution is 7.16. The maximum Gasteiger partial charge on any atom is 0.263 e. The van der Waals surface area contributed by atoms with E-state index in [1.165, 1.54) is 23.1 Å². The third-order valence-electron chi connectivity index (χ3n) is 6.44. The predicted octanol–water partition coefficient (Wildman–Crippen LogP) is 4.56. The van der Waals surface area contributed by atoms with Gasteiger partial charge in [0.25, 0.3) is 5.91 Å². The number of para-hydroxylation sites is 1. The number of amides is 2. The summed E-state index contributed by atoms with van der Waals surface area (Å²) in [6.07, 6.45) is 7.10. The quantitative estimate of drug-likeness (QED) is 0.622. The number of aromatic nitrogens is 1. The Balaban J connectivity index is 1.24. The maximum absolute atomic E-state index is 13.1. The molecule has 0 spiro atoms. The first-order chi connectivity index (χ1) is 14.7. The third-order valence-corrected chi connectivity index (χ3v) is 7.51. The standard InChI is InChI=1S/C24H27N3O2S/c28-23(25-13-4-1-5-14-25)19-10-15-26(16-11-19)24(29)21-8-9-22(30-21)27-17-12-18-6-2-3-7-20(18)27/h2-3,6-9,12,17,19H,1,4-5,10-11,13-16H2. The van der Waals surface area contributed by atoms with Crippen LogP contribution in [0.3, 0.4) is 0 Å². The second kappa shape index (κ2) is 8.26. The molecule has 3 aromatic rings. The van der Waals surface area contributed by atoms with Crippen LogP contribution in [-0.4, -0.2) is 52.4 Å². The molecule has 5 rings (SSSR count). The van der Waals surface area contributed by atoms with Crippen LogP contribution < -0.4 is 0 Å². The van der Waals surface area contributed by atoms with Gasteiger partial charge in [-0.3, -0.25) is 9.59 Å². The first-order valence-electron chi connectivity index (χ1n) is 10.9. The Labute approximate surface area is 180 Å². The Morgan fingerprint density at radius 3 is 2.40 bits per heavy atom. The molecule has 0 unspecified atom stereocenters. The van der Waals surface area contributed by atoms with Crippen LogP contribution in [0.5, 0.6) is 0 Å². The van der Waals surface area contributed by atoms with E-state index in [1.54, 1.807) is 0 Å². The Hall–Kier alpha value is -2.60. The van der Waals surface area contributed by atoms with Gasteiger partial charge in [0.2, 0.25) is 5.91 Å². The highest BCUT2D eigenvalue weighted by Gasteiger charge is 2.31. The minimum atomic E-state index is 0.0808. The smallest absolute Gasteiger partial charge is 0.263 e. The van der Waals surface area contributed by atoms with Crippen molar-refractivity contribution >= 4 is 34.1 Å². The lowest BCUT2D eigenvalue weighted by molar-refractivity contribution is -0.137. The van der Waals surface area contributed by atoms with Crippen LogP contribution in [-0.2, 0) is 4.79 Å². The molecule has 0 aliphatic carbocycles. The molecule has 2 aromatic heterocycles. The molecular weight excluding hydrogens is 394 g/mol. The molecule has 156 valence electrons. The number of hydrogen-bond donors (Lipinski definition) is 0. The summed E-state index contributed by atoms with van der Waals surface area (Å²) in [6.45, 7) is 3.15. The molecule has 2 fully saturated rings. The molecule has 0 N–H and O–H groups in total. The number of fused-ring (bicyclic) bond motifs is 1. The molecule has 30 heavy (non-hydrogen) atoms. The number of carbonyl (C=O) groups is 2. The number of likely N-dealkylation sites (tertiary alicyclic amines) is 2. The SMILES string of the molecule is O=C(c1ccc(-n2ccc3ccccc32)s1)N1CCC(C(=O)N2CCCCC2)CC1. The van der Waals surface area contributed by atoms with E-state index in [9.17, 15) is 9.59 Å². The average molecular weight is 422 g/mol. The van der Waals surface area contributed by atoms with E-state index in [1.807, 2.05) is 34.1 Å². The molecule has 5 nitrogen and oxygen atoms in total. The van der Waals surface area contributed by atoms with Gasteiger partial charge in [-0.15, -0.1) is 11.3 Å². The van der Waals surface area contributed by atoms with Gasteiger partial charge in [0, 0.05) is 38.3 Å². The van der Waals surface area contributed by atoms with Crippen LogP contribution >= 0.6 is 11.3 Å². The van der Waals surface area contributed by atoms with E-state index in [0.717, 1.165) is 54.2 Å². The zero-order valence-electron chi connectivity index (χ0n) is 17.1. The van der Waals surface area contributed by atoms with Gasteiger partial charge in [-0.2, -0.15) is 0 Å². The number of nitrogens with zero attached hydrogens (tertiary/aromatic N) is 3. The van der Waals surface area contributed by atoms with Crippen molar-refractivity contribution < 1.29 is 9.59 Å². The van der Waals surface area contributed by atoms with Crippen molar-refractivity contribution in [2.45, 2.75) is 32.1 Å². The summed E-state index contributed by atoms with van der Waals surface area (Å²) in [5.41, 5.74) is 1.15. The molecule has 6 heteroatoms. The number of carbonyl (C=O) groups excluding carboxylic acids is 2. The van der Waals surface area contributed by atoms with Crippen LogP contribution in [0.15, 0.2) is 48.7 Å². The lowest BCUT2D eigenvalue weighted by atomic mass is 9.94. The van der Waals surface area contributed by atoms with Crippen molar-refractivity contribution in [1.82, 2.24) is 14.4 Å². The molecule has 0 atom stereocenters. The molecule has 0 saturated carbocycles. The number of hydrogen-bond acceptors (Lipinski definition) is 3. The lowest BCUT2D eigenvalue weighted by Gasteiger charge is -2.35. The number of piperidine rings is 2. The molecule has 2 saturated heterocycles. The average Bonchev–Trinajstić information content (AvgIpc) is 3.46. The summed E-state index contributed by atoms with van der Waals surface area (Å²) >= 11 is 1.53.